The maximum absolute atomic E-state index is 11.9. The normalized spacial score (nSPS) is 10.9. The molecule has 11 nitrogen and oxygen atoms in total. The molecule has 11 heteroatoms. The van der Waals surface area contributed by atoms with Crippen LogP contribution in [0.25, 0.3) is 0 Å². The highest BCUT2D eigenvalue weighted by atomic mass is 16.6. The van der Waals surface area contributed by atoms with Gasteiger partial charge in [0.05, 0.1) is 26.4 Å². The molecule has 0 aliphatic heterocycles. The number of carbonyl (C=O) groups is 4. The van der Waals surface area contributed by atoms with Gasteiger partial charge in [-0.05, 0) is 30.2 Å². The average molecular weight is 516 g/mol. The molecule has 3 N–H and O–H groups in total. The number of amides is 3. The summed E-state index contributed by atoms with van der Waals surface area (Å²) >= 11 is 0. The number of hydrogen-bond donors (Lipinski definition) is 3. The molecular weight excluding hydrogens is 482 g/mol. The molecule has 0 saturated heterocycles. The largest absolute Gasteiger partial charge is 0.466 e. The Morgan fingerprint density at radius 1 is 0.649 bits per heavy atom. The van der Waals surface area contributed by atoms with Crippen LogP contribution in [-0.4, -0.2) is 57.2 Å². The van der Waals surface area contributed by atoms with E-state index in [-0.39, 0.29) is 45.3 Å². The van der Waals surface area contributed by atoms with Gasteiger partial charge in [0.1, 0.15) is 0 Å². The zero-order chi connectivity index (χ0) is 26.7. The van der Waals surface area contributed by atoms with Crippen LogP contribution in [0.1, 0.15) is 26.2 Å². The highest BCUT2D eigenvalue weighted by Crippen LogP contribution is 2.07. The summed E-state index contributed by atoms with van der Waals surface area (Å²) in [6.45, 7) is 2.41. The lowest BCUT2D eigenvalue weighted by atomic mass is 10.1. The van der Waals surface area contributed by atoms with Crippen LogP contribution in [-0.2, 0) is 23.7 Å². The first-order valence-electron chi connectivity index (χ1n) is 12.0. The highest BCUT2D eigenvalue weighted by molar-refractivity contribution is 5.85. The molecular formula is C26H33N3O8. The Morgan fingerprint density at radius 3 is 1.57 bits per heavy atom. The van der Waals surface area contributed by atoms with Gasteiger partial charge < -0.3 is 24.3 Å². The van der Waals surface area contributed by atoms with Crippen LogP contribution in [0.15, 0.2) is 60.7 Å². The summed E-state index contributed by atoms with van der Waals surface area (Å²) in [6.07, 6.45) is -0.970. The van der Waals surface area contributed by atoms with Crippen LogP contribution >= 0.6 is 0 Å². The average Bonchev–Trinajstić information content (AvgIpc) is 2.88. The monoisotopic (exact) mass is 515 g/mol. The summed E-state index contributed by atoms with van der Waals surface area (Å²) in [6, 6.07) is 17.8. The zero-order valence-electron chi connectivity index (χ0n) is 20.8. The molecule has 0 radical (unpaired) electrons. The number of rotatable bonds is 14. The second-order valence-corrected chi connectivity index (χ2v) is 8.01. The fourth-order valence-corrected chi connectivity index (χ4v) is 2.87. The van der Waals surface area contributed by atoms with Crippen LogP contribution in [0.3, 0.4) is 0 Å². The fraction of sp³-hybridized carbons (Fsp3) is 0.385. The summed E-state index contributed by atoms with van der Waals surface area (Å²) in [4.78, 5) is 47.0. The summed E-state index contributed by atoms with van der Waals surface area (Å²) in [7, 11) is 0. The van der Waals surface area contributed by atoms with Gasteiger partial charge >= 0.3 is 24.2 Å². The van der Waals surface area contributed by atoms with Crippen molar-refractivity contribution in [3.63, 3.8) is 0 Å². The van der Waals surface area contributed by atoms with Crippen LogP contribution in [0.5, 0.6) is 0 Å². The number of carbonyl (C=O) groups excluding carboxylic acids is 4. The van der Waals surface area contributed by atoms with Gasteiger partial charge in [0.15, 0.2) is 0 Å². The second kappa shape index (κ2) is 17.2. The van der Waals surface area contributed by atoms with Gasteiger partial charge in [-0.1, -0.05) is 43.3 Å². The Bertz CT molecular complexity index is 972. The van der Waals surface area contributed by atoms with Crippen molar-refractivity contribution in [3.8, 4) is 0 Å². The first-order valence-corrected chi connectivity index (χ1v) is 12.0. The van der Waals surface area contributed by atoms with E-state index in [9.17, 15) is 19.2 Å². The lowest BCUT2D eigenvalue weighted by Gasteiger charge is -2.13. The topological polar surface area (TPSA) is 141 Å². The number of esters is 1. The molecule has 3 amide bonds. The van der Waals surface area contributed by atoms with E-state index < -0.39 is 24.2 Å². The van der Waals surface area contributed by atoms with Crippen molar-refractivity contribution < 1.29 is 38.1 Å². The molecule has 200 valence electrons. The molecule has 0 bridgehead atoms. The Balaban J connectivity index is 1.42. The molecule has 37 heavy (non-hydrogen) atoms. The van der Waals surface area contributed by atoms with Gasteiger partial charge in [0.25, 0.3) is 0 Å². The molecule has 1 atom stereocenters. The van der Waals surface area contributed by atoms with Crippen molar-refractivity contribution >= 4 is 35.6 Å². The maximum Gasteiger partial charge on any atom is 0.411 e. The molecule has 2 rings (SSSR count). The predicted molar refractivity (Wildman–Crippen MR) is 136 cm³/mol. The van der Waals surface area contributed by atoms with Crippen molar-refractivity contribution in [3.05, 3.63) is 60.7 Å². The summed E-state index contributed by atoms with van der Waals surface area (Å²) in [5, 5.41) is 7.74. The first kappa shape index (κ1) is 29.0. The molecule has 0 aliphatic rings. The lowest BCUT2D eigenvalue weighted by Crippen LogP contribution is -2.30. The van der Waals surface area contributed by atoms with Crippen molar-refractivity contribution in [2.24, 2.45) is 5.92 Å². The standard InChI is InChI=1S/C26H33N3O8/c1-20(18-23(30)34-14-8-16-36-25(32)28-21-10-4-2-5-11-21)19-27-24(31)35-15-9-17-37-26(33)29-22-12-6-3-7-13-22/h2-7,10-13,20H,8-9,14-19H2,1H3,(H,27,31)(H,28,32)(H,29,33). The molecule has 0 aromatic heterocycles. The van der Waals surface area contributed by atoms with Crippen molar-refractivity contribution in [2.75, 3.05) is 43.6 Å². The zero-order valence-corrected chi connectivity index (χ0v) is 20.8. The van der Waals surface area contributed by atoms with Gasteiger partial charge in [-0.3, -0.25) is 15.4 Å². The molecule has 1 unspecified atom stereocenters. The number of anilines is 2. The molecule has 0 aliphatic carbocycles. The first-order chi connectivity index (χ1) is 17.9. The minimum atomic E-state index is -0.625. The highest BCUT2D eigenvalue weighted by Gasteiger charge is 2.12. The van der Waals surface area contributed by atoms with Gasteiger partial charge in [-0.15, -0.1) is 0 Å². The number of para-hydroxylation sites is 2. The molecule has 2 aromatic carbocycles. The van der Waals surface area contributed by atoms with Crippen LogP contribution in [0, 0.1) is 5.92 Å². The van der Waals surface area contributed by atoms with Gasteiger partial charge in [-0.2, -0.15) is 0 Å². The minimum absolute atomic E-state index is 0.0757. The number of hydrogen-bond acceptors (Lipinski definition) is 8. The molecule has 0 fully saturated rings. The number of alkyl carbamates (subject to hydrolysis) is 1. The SMILES string of the molecule is CC(CNC(=O)OCCCOC(=O)Nc1ccccc1)CC(=O)OCCCOC(=O)Nc1ccccc1. The van der Waals surface area contributed by atoms with E-state index in [2.05, 4.69) is 16.0 Å². The van der Waals surface area contributed by atoms with E-state index in [4.69, 9.17) is 18.9 Å². The lowest BCUT2D eigenvalue weighted by molar-refractivity contribution is -0.144. The summed E-state index contributed by atoms with van der Waals surface area (Å²) < 4.78 is 20.2. The van der Waals surface area contributed by atoms with Gasteiger partial charge in [0, 0.05) is 37.2 Å². The van der Waals surface area contributed by atoms with E-state index in [1.807, 2.05) is 12.1 Å². The maximum atomic E-state index is 11.9. The quantitative estimate of drug-likeness (QED) is 0.189. The smallest absolute Gasteiger partial charge is 0.411 e. The van der Waals surface area contributed by atoms with E-state index in [1.54, 1.807) is 55.5 Å². The number of ether oxygens (including phenoxy) is 4. The molecule has 2 aromatic rings. The van der Waals surface area contributed by atoms with Crippen LogP contribution in [0.2, 0.25) is 0 Å². The Labute approximate surface area is 215 Å². The molecule has 0 heterocycles. The van der Waals surface area contributed by atoms with E-state index >= 15 is 0 Å². The Hall–Kier alpha value is -4.28. The van der Waals surface area contributed by atoms with Crippen molar-refractivity contribution in [2.45, 2.75) is 26.2 Å². The second-order valence-electron chi connectivity index (χ2n) is 8.01. The molecule has 0 spiro atoms. The third kappa shape index (κ3) is 14.0. The van der Waals surface area contributed by atoms with E-state index in [1.165, 1.54) is 0 Å². The van der Waals surface area contributed by atoms with E-state index in [0.717, 1.165) is 0 Å². The minimum Gasteiger partial charge on any atom is -0.466 e. The molecule has 0 saturated carbocycles. The Kier molecular flexibility index (Phi) is 13.5. The van der Waals surface area contributed by atoms with Crippen LogP contribution < -0.4 is 16.0 Å². The van der Waals surface area contributed by atoms with Crippen molar-refractivity contribution in [1.82, 2.24) is 5.32 Å². The van der Waals surface area contributed by atoms with E-state index in [0.29, 0.717) is 24.2 Å². The summed E-state index contributed by atoms with van der Waals surface area (Å²) in [5.74, 6) is -0.583. The number of benzene rings is 2. The predicted octanol–water partition coefficient (Wildman–Crippen LogP) is 4.56. The van der Waals surface area contributed by atoms with Crippen molar-refractivity contribution in [1.29, 1.82) is 0 Å². The Morgan fingerprint density at radius 2 is 1.08 bits per heavy atom. The number of nitrogens with one attached hydrogen (secondary N) is 3. The van der Waals surface area contributed by atoms with Gasteiger partial charge in [-0.25, -0.2) is 14.4 Å². The third-order valence-electron chi connectivity index (χ3n) is 4.69. The van der Waals surface area contributed by atoms with Crippen LogP contribution in [0.4, 0.5) is 25.8 Å². The third-order valence-corrected chi connectivity index (χ3v) is 4.69. The fourth-order valence-electron chi connectivity index (χ4n) is 2.87. The summed E-state index contributed by atoms with van der Waals surface area (Å²) in [5.41, 5.74) is 1.25. The van der Waals surface area contributed by atoms with Gasteiger partial charge in [0.2, 0.25) is 0 Å².